The summed E-state index contributed by atoms with van der Waals surface area (Å²) in [5, 5.41) is 0. The van der Waals surface area contributed by atoms with Crippen molar-refractivity contribution in [1.29, 1.82) is 0 Å². The summed E-state index contributed by atoms with van der Waals surface area (Å²) in [6.07, 6.45) is 5.07. The minimum absolute atomic E-state index is 0.289. The van der Waals surface area contributed by atoms with E-state index in [1.54, 1.807) is 6.07 Å². The van der Waals surface area contributed by atoms with E-state index in [0.717, 1.165) is 11.1 Å². The maximum atomic E-state index is 11.5. The van der Waals surface area contributed by atoms with E-state index in [2.05, 4.69) is 11.8 Å². The quantitative estimate of drug-likeness (QED) is 0.558. The highest BCUT2D eigenvalue weighted by Crippen LogP contribution is 2.23. The highest BCUT2D eigenvalue weighted by atomic mass is 16.5. The van der Waals surface area contributed by atoms with Gasteiger partial charge >= 0.3 is 5.97 Å². The Morgan fingerprint density at radius 2 is 2.06 bits per heavy atom. The second-order valence-electron chi connectivity index (χ2n) is 4.77. The van der Waals surface area contributed by atoms with Gasteiger partial charge in [-0.15, -0.1) is 0 Å². The molecular weight excluding hydrogens is 224 g/mol. The summed E-state index contributed by atoms with van der Waals surface area (Å²) in [6.45, 7) is 1.91. The maximum absolute atomic E-state index is 11.5. The molecule has 2 rings (SSSR count). The molecule has 0 aliphatic heterocycles. The zero-order valence-electron chi connectivity index (χ0n) is 11.0. The monoisotopic (exact) mass is 242 g/mol. The first-order valence-corrected chi connectivity index (χ1v) is 6.41. The van der Waals surface area contributed by atoms with Crippen LogP contribution in [0.3, 0.4) is 0 Å². The number of carbonyl (C=O) groups excluding carboxylic acids is 1. The van der Waals surface area contributed by atoms with Crippen LogP contribution in [0.5, 0.6) is 0 Å². The lowest BCUT2D eigenvalue weighted by Crippen LogP contribution is -2.03. The highest BCUT2D eigenvalue weighted by molar-refractivity contribution is 5.91. The molecule has 0 N–H and O–H groups in total. The zero-order chi connectivity index (χ0) is 13.0. The van der Waals surface area contributed by atoms with Gasteiger partial charge in [-0.05, 0) is 43.5 Å². The van der Waals surface area contributed by atoms with Crippen LogP contribution in [0.2, 0.25) is 0 Å². The molecule has 0 radical (unpaired) electrons. The first-order chi connectivity index (χ1) is 8.70. The molecule has 0 bridgehead atoms. The summed E-state index contributed by atoms with van der Waals surface area (Å²) >= 11 is 0. The Kier molecular flexibility index (Phi) is 4.04. The average Bonchev–Trinajstić information content (AvgIpc) is 2.88. The van der Waals surface area contributed by atoms with Crippen molar-refractivity contribution in [3.8, 4) is 11.8 Å². The van der Waals surface area contributed by atoms with Gasteiger partial charge in [-0.1, -0.05) is 24.7 Å². The number of benzene rings is 1. The number of esters is 1. The van der Waals surface area contributed by atoms with Crippen molar-refractivity contribution in [2.75, 3.05) is 7.11 Å². The van der Waals surface area contributed by atoms with E-state index in [1.165, 1.54) is 32.8 Å². The minimum Gasteiger partial charge on any atom is -0.465 e. The van der Waals surface area contributed by atoms with Gasteiger partial charge in [-0.3, -0.25) is 0 Å². The van der Waals surface area contributed by atoms with Gasteiger partial charge in [0.15, 0.2) is 0 Å². The van der Waals surface area contributed by atoms with Crippen molar-refractivity contribution in [3.63, 3.8) is 0 Å². The van der Waals surface area contributed by atoms with Crippen LogP contribution in [0, 0.1) is 24.7 Å². The molecule has 0 heterocycles. The molecule has 94 valence electrons. The average molecular weight is 242 g/mol. The topological polar surface area (TPSA) is 26.3 Å². The Labute approximate surface area is 108 Å². The molecule has 0 aromatic heterocycles. The third kappa shape index (κ3) is 2.92. The summed E-state index contributed by atoms with van der Waals surface area (Å²) < 4.78 is 4.72. The first-order valence-electron chi connectivity index (χ1n) is 6.41. The molecule has 0 saturated heterocycles. The van der Waals surface area contributed by atoms with Gasteiger partial charge in [0.25, 0.3) is 0 Å². The Bertz CT molecular complexity index is 500. The lowest BCUT2D eigenvalue weighted by Gasteiger charge is -2.03. The second kappa shape index (κ2) is 5.73. The van der Waals surface area contributed by atoms with Crippen LogP contribution in [-0.2, 0) is 4.74 Å². The van der Waals surface area contributed by atoms with Crippen molar-refractivity contribution in [3.05, 3.63) is 34.9 Å². The van der Waals surface area contributed by atoms with Crippen molar-refractivity contribution >= 4 is 5.97 Å². The summed E-state index contributed by atoms with van der Waals surface area (Å²) in [5.74, 6) is 6.80. The lowest BCUT2D eigenvalue weighted by molar-refractivity contribution is 0.0600. The first kappa shape index (κ1) is 12.7. The Morgan fingerprint density at radius 3 is 2.67 bits per heavy atom. The fourth-order valence-electron chi connectivity index (χ4n) is 2.34. The summed E-state index contributed by atoms with van der Waals surface area (Å²) in [7, 11) is 1.40. The van der Waals surface area contributed by atoms with Gasteiger partial charge in [-0.2, -0.15) is 0 Å². The molecule has 2 heteroatoms. The molecule has 1 aromatic rings. The Morgan fingerprint density at radius 1 is 1.33 bits per heavy atom. The number of rotatable bonds is 1. The fraction of sp³-hybridized carbons (Fsp3) is 0.438. The highest BCUT2D eigenvalue weighted by Gasteiger charge is 2.12. The molecule has 2 nitrogen and oxygen atoms in total. The maximum Gasteiger partial charge on any atom is 0.338 e. The molecule has 0 spiro atoms. The van der Waals surface area contributed by atoms with Crippen LogP contribution in [0.4, 0.5) is 0 Å². The molecule has 1 aromatic carbocycles. The van der Waals surface area contributed by atoms with Gasteiger partial charge in [-0.25, -0.2) is 4.79 Å². The van der Waals surface area contributed by atoms with E-state index >= 15 is 0 Å². The summed E-state index contributed by atoms with van der Waals surface area (Å²) in [4.78, 5) is 11.5. The number of carbonyl (C=O) groups is 1. The number of ether oxygens (including phenoxy) is 1. The van der Waals surface area contributed by atoms with Gasteiger partial charge in [0.2, 0.25) is 0 Å². The van der Waals surface area contributed by atoms with E-state index in [-0.39, 0.29) is 5.97 Å². The molecule has 0 atom stereocenters. The van der Waals surface area contributed by atoms with Crippen LogP contribution in [-0.4, -0.2) is 13.1 Å². The molecular formula is C16H18O2. The standard InChI is InChI=1S/C16H18O2/c1-12-11-14(8-7-13-5-3-4-6-13)9-10-15(12)16(17)18-2/h9-11,13H,3-6H2,1-2H3. The summed E-state index contributed by atoms with van der Waals surface area (Å²) in [6, 6.07) is 5.63. The fourth-order valence-corrected chi connectivity index (χ4v) is 2.34. The van der Waals surface area contributed by atoms with Crippen molar-refractivity contribution in [2.24, 2.45) is 5.92 Å². The van der Waals surface area contributed by atoms with Crippen molar-refractivity contribution in [2.45, 2.75) is 32.6 Å². The van der Waals surface area contributed by atoms with Crippen molar-refractivity contribution in [1.82, 2.24) is 0 Å². The SMILES string of the molecule is COC(=O)c1ccc(C#CC2CCCC2)cc1C. The Hall–Kier alpha value is -1.75. The van der Waals surface area contributed by atoms with Crippen LogP contribution in [0.15, 0.2) is 18.2 Å². The number of aryl methyl sites for hydroxylation is 1. The normalized spacial score (nSPS) is 15.0. The van der Waals surface area contributed by atoms with Gasteiger partial charge < -0.3 is 4.74 Å². The molecule has 1 aliphatic rings. The van der Waals surface area contributed by atoms with E-state index in [1.807, 2.05) is 19.1 Å². The number of hydrogen-bond acceptors (Lipinski definition) is 2. The van der Waals surface area contributed by atoms with Crippen LogP contribution >= 0.6 is 0 Å². The van der Waals surface area contributed by atoms with Crippen LogP contribution < -0.4 is 0 Å². The van der Waals surface area contributed by atoms with Gasteiger partial charge in [0, 0.05) is 11.5 Å². The van der Waals surface area contributed by atoms with E-state index in [9.17, 15) is 4.79 Å². The van der Waals surface area contributed by atoms with Gasteiger partial charge in [0.05, 0.1) is 12.7 Å². The number of hydrogen-bond donors (Lipinski definition) is 0. The predicted molar refractivity (Wildman–Crippen MR) is 71.4 cm³/mol. The minimum atomic E-state index is -0.289. The molecule has 1 fully saturated rings. The van der Waals surface area contributed by atoms with Crippen LogP contribution in [0.25, 0.3) is 0 Å². The second-order valence-corrected chi connectivity index (χ2v) is 4.77. The molecule has 0 amide bonds. The molecule has 1 saturated carbocycles. The van der Waals surface area contributed by atoms with E-state index < -0.39 is 0 Å². The molecule has 0 unspecified atom stereocenters. The third-order valence-electron chi connectivity index (χ3n) is 3.41. The van der Waals surface area contributed by atoms with E-state index in [4.69, 9.17) is 4.74 Å². The molecule has 18 heavy (non-hydrogen) atoms. The lowest BCUT2D eigenvalue weighted by atomic mass is 10.0. The van der Waals surface area contributed by atoms with Crippen LogP contribution in [0.1, 0.15) is 47.2 Å². The molecule has 1 aliphatic carbocycles. The predicted octanol–water partition coefficient (Wildman–Crippen LogP) is 3.32. The third-order valence-corrected chi connectivity index (χ3v) is 3.41. The van der Waals surface area contributed by atoms with Gasteiger partial charge in [0.1, 0.15) is 0 Å². The summed E-state index contributed by atoms with van der Waals surface area (Å²) in [5.41, 5.74) is 2.51. The smallest absolute Gasteiger partial charge is 0.338 e. The Balaban J connectivity index is 2.15. The van der Waals surface area contributed by atoms with Crippen molar-refractivity contribution < 1.29 is 9.53 Å². The zero-order valence-corrected chi connectivity index (χ0v) is 11.0. The van der Waals surface area contributed by atoms with E-state index in [0.29, 0.717) is 11.5 Å². The largest absolute Gasteiger partial charge is 0.465 e. The number of methoxy groups -OCH3 is 1.